The molecule has 1 aliphatic carbocycles. The molecule has 2 aromatic rings. The number of nitrogens with zero attached hydrogens (tertiary/aromatic N) is 5. The van der Waals surface area contributed by atoms with Gasteiger partial charge in [-0.05, 0) is 31.7 Å². The minimum Gasteiger partial charge on any atom is -0.393 e. The smallest absolute Gasteiger partial charge is 0.257 e. The molecular weight excluding hydrogens is 270 g/mol. The van der Waals surface area contributed by atoms with Crippen LogP contribution in [0.4, 0.5) is 11.9 Å². The molecular formula is C13H19N7O. The van der Waals surface area contributed by atoms with E-state index in [1.54, 1.807) is 17.1 Å². The molecule has 0 bridgehead atoms. The van der Waals surface area contributed by atoms with Crippen molar-refractivity contribution in [2.45, 2.75) is 25.9 Å². The quantitative estimate of drug-likeness (QED) is 0.718. The van der Waals surface area contributed by atoms with E-state index in [-0.39, 0.29) is 6.10 Å². The van der Waals surface area contributed by atoms with Crippen LogP contribution in [0.5, 0.6) is 0 Å². The third-order valence-corrected chi connectivity index (χ3v) is 3.43. The molecule has 0 unspecified atom stereocenters. The topological polar surface area (TPSA) is 101 Å². The van der Waals surface area contributed by atoms with E-state index in [2.05, 4.69) is 30.7 Å². The highest BCUT2D eigenvalue weighted by Gasteiger charge is 2.26. The summed E-state index contributed by atoms with van der Waals surface area (Å²) in [6.45, 7) is 3.47. The first-order chi connectivity index (χ1) is 10.2. The molecule has 112 valence electrons. The van der Waals surface area contributed by atoms with E-state index in [1.807, 2.05) is 13.0 Å². The first kappa shape index (κ1) is 13.7. The van der Waals surface area contributed by atoms with Crippen LogP contribution in [-0.2, 0) is 0 Å². The summed E-state index contributed by atoms with van der Waals surface area (Å²) in [5, 5.41) is 19.7. The maximum Gasteiger partial charge on any atom is 0.257 e. The van der Waals surface area contributed by atoms with Gasteiger partial charge in [0.15, 0.2) is 0 Å². The average Bonchev–Trinajstić information content (AvgIpc) is 2.97. The number of hydrogen-bond acceptors (Lipinski definition) is 7. The molecule has 2 heterocycles. The van der Waals surface area contributed by atoms with Gasteiger partial charge in [0.25, 0.3) is 5.95 Å². The van der Waals surface area contributed by atoms with E-state index >= 15 is 0 Å². The van der Waals surface area contributed by atoms with Crippen LogP contribution in [0.2, 0.25) is 0 Å². The van der Waals surface area contributed by atoms with E-state index < -0.39 is 0 Å². The Balaban J connectivity index is 1.75. The normalized spacial score (nSPS) is 20.9. The van der Waals surface area contributed by atoms with Crippen LogP contribution in [0.3, 0.4) is 0 Å². The molecule has 1 saturated carbocycles. The van der Waals surface area contributed by atoms with Crippen LogP contribution >= 0.6 is 0 Å². The number of anilines is 2. The van der Waals surface area contributed by atoms with Crippen LogP contribution in [0.1, 0.15) is 19.8 Å². The zero-order valence-corrected chi connectivity index (χ0v) is 11.9. The van der Waals surface area contributed by atoms with Gasteiger partial charge in [0.2, 0.25) is 11.9 Å². The molecule has 0 saturated heterocycles. The summed E-state index contributed by atoms with van der Waals surface area (Å²) < 4.78 is 1.60. The van der Waals surface area contributed by atoms with Gasteiger partial charge in [0, 0.05) is 25.5 Å². The van der Waals surface area contributed by atoms with Crippen LogP contribution in [0.15, 0.2) is 18.5 Å². The molecule has 3 N–H and O–H groups in total. The van der Waals surface area contributed by atoms with Crippen molar-refractivity contribution in [2.24, 2.45) is 5.92 Å². The van der Waals surface area contributed by atoms with Crippen molar-refractivity contribution in [3.8, 4) is 5.95 Å². The Hall–Kier alpha value is -2.22. The predicted octanol–water partition coefficient (Wildman–Crippen LogP) is 0.672. The summed E-state index contributed by atoms with van der Waals surface area (Å²) >= 11 is 0. The second-order valence-corrected chi connectivity index (χ2v) is 5.14. The van der Waals surface area contributed by atoms with E-state index in [1.165, 1.54) is 0 Å². The van der Waals surface area contributed by atoms with Gasteiger partial charge >= 0.3 is 0 Å². The summed E-state index contributed by atoms with van der Waals surface area (Å²) in [7, 11) is 0. The van der Waals surface area contributed by atoms with Gasteiger partial charge in [0.1, 0.15) is 0 Å². The van der Waals surface area contributed by atoms with Crippen LogP contribution < -0.4 is 10.6 Å². The molecule has 3 rings (SSSR count). The zero-order valence-electron chi connectivity index (χ0n) is 11.9. The first-order valence-electron chi connectivity index (χ1n) is 7.16. The van der Waals surface area contributed by atoms with Gasteiger partial charge in [0.05, 0.1) is 6.10 Å². The van der Waals surface area contributed by atoms with Crippen molar-refractivity contribution in [3.05, 3.63) is 18.5 Å². The van der Waals surface area contributed by atoms with E-state index in [4.69, 9.17) is 0 Å². The van der Waals surface area contributed by atoms with Gasteiger partial charge in [-0.15, -0.1) is 0 Å². The lowest BCUT2D eigenvalue weighted by Gasteiger charge is -2.31. The van der Waals surface area contributed by atoms with Crippen LogP contribution in [0.25, 0.3) is 5.95 Å². The maximum atomic E-state index is 9.31. The number of aromatic nitrogens is 5. The minimum absolute atomic E-state index is 0.146. The maximum absolute atomic E-state index is 9.31. The van der Waals surface area contributed by atoms with Crippen LogP contribution in [0, 0.1) is 5.92 Å². The van der Waals surface area contributed by atoms with Gasteiger partial charge < -0.3 is 15.7 Å². The second kappa shape index (κ2) is 6.04. The molecule has 0 spiro atoms. The van der Waals surface area contributed by atoms with Gasteiger partial charge in [-0.3, -0.25) is 0 Å². The molecule has 0 atom stereocenters. The highest BCUT2D eigenvalue weighted by Crippen LogP contribution is 2.27. The molecule has 0 aromatic carbocycles. The second-order valence-electron chi connectivity index (χ2n) is 5.14. The number of rotatable bonds is 6. The fraction of sp³-hybridized carbons (Fsp3) is 0.538. The molecule has 21 heavy (non-hydrogen) atoms. The van der Waals surface area contributed by atoms with Gasteiger partial charge in [-0.1, -0.05) is 0 Å². The Kier molecular flexibility index (Phi) is 3.96. The minimum atomic E-state index is -0.146. The van der Waals surface area contributed by atoms with Crippen molar-refractivity contribution in [1.82, 2.24) is 24.7 Å². The van der Waals surface area contributed by atoms with Gasteiger partial charge in [-0.2, -0.15) is 20.1 Å². The number of nitrogens with one attached hydrogen (secondary N) is 2. The van der Waals surface area contributed by atoms with E-state index in [0.29, 0.717) is 23.8 Å². The van der Waals surface area contributed by atoms with Crippen molar-refractivity contribution >= 4 is 11.9 Å². The van der Waals surface area contributed by atoms with Crippen molar-refractivity contribution in [2.75, 3.05) is 23.7 Å². The Morgan fingerprint density at radius 2 is 2.00 bits per heavy atom. The summed E-state index contributed by atoms with van der Waals surface area (Å²) in [6, 6.07) is 1.82. The third kappa shape index (κ3) is 3.27. The lowest BCUT2D eigenvalue weighted by atomic mass is 9.82. The molecule has 1 aliphatic rings. The number of aliphatic hydroxyl groups is 1. The molecule has 0 amide bonds. The molecule has 0 radical (unpaired) electrons. The fourth-order valence-corrected chi connectivity index (χ4v) is 2.27. The van der Waals surface area contributed by atoms with E-state index in [9.17, 15) is 5.11 Å². The van der Waals surface area contributed by atoms with Crippen molar-refractivity contribution in [1.29, 1.82) is 0 Å². The highest BCUT2D eigenvalue weighted by atomic mass is 16.3. The summed E-state index contributed by atoms with van der Waals surface area (Å²) in [6.07, 6.45) is 5.00. The van der Waals surface area contributed by atoms with E-state index in [0.717, 1.165) is 25.9 Å². The van der Waals surface area contributed by atoms with Crippen molar-refractivity contribution < 1.29 is 5.11 Å². The molecule has 2 aromatic heterocycles. The lowest BCUT2D eigenvalue weighted by molar-refractivity contribution is 0.0486. The standard InChI is InChI=1S/C13H19N7O/c1-2-14-11-17-12(15-8-9-6-10(21)7-9)19-13(18-11)20-5-3-4-16-20/h3-5,9-10,21H,2,6-8H2,1H3,(H2,14,15,17,18,19). The van der Waals surface area contributed by atoms with Crippen LogP contribution in [-0.4, -0.2) is 49.0 Å². The Morgan fingerprint density at radius 1 is 1.24 bits per heavy atom. The summed E-state index contributed by atoms with van der Waals surface area (Å²) in [4.78, 5) is 13.0. The third-order valence-electron chi connectivity index (χ3n) is 3.43. The SMILES string of the molecule is CCNc1nc(NCC2CC(O)C2)nc(-n2cccn2)n1. The lowest BCUT2D eigenvalue weighted by Crippen LogP contribution is -2.33. The Morgan fingerprint density at radius 3 is 2.62 bits per heavy atom. The highest BCUT2D eigenvalue weighted by molar-refractivity contribution is 5.37. The first-order valence-corrected chi connectivity index (χ1v) is 7.16. The van der Waals surface area contributed by atoms with Crippen molar-refractivity contribution in [3.63, 3.8) is 0 Å². The monoisotopic (exact) mass is 289 g/mol. The molecule has 8 nitrogen and oxygen atoms in total. The number of aliphatic hydroxyl groups excluding tert-OH is 1. The molecule has 0 aliphatic heterocycles. The summed E-state index contributed by atoms with van der Waals surface area (Å²) in [5.41, 5.74) is 0. The number of hydrogen-bond donors (Lipinski definition) is 3. The average molecular weight is 289 g/mol. The van der Waals surface area contributed by atoms with Gasteiger partial charge in [-0.25, -0.2) is 4.68 Å². The molecule has 1 fully saturated rings. The summed E-state index contributed by atoms with van der Waals surface area (Å²) in [5.74, 6) is 2.00. The Labute approximate surface area is 122 Å². The molecule has 8 heteroatoms. The predicted molar refractivity (Wildman–Crippen MR) is 78.3 cm³/mol. The largest absolute Gasteiger partial charge is 0.393 e. The Bertz CT molecular complexity index is 580. The zero-order chi connectivity index (χ0) is 14.7. The fourth-order valence-electron chi connectivity index (χ4n) is 2.27.